The van der Waals surface area contributed by atoms with Crippen LogP contribution in [0.25, 0.3) is 10.9 Å². The van der Waals surface area contributed by atoms with Crippen LogP contribution in [0.2, 0.25) is 0 Å². The molecule has 0 bridgehead atoms. The number of nitrogens with zero attached hydrogens (tertiary/aromatic N) is 5. The third-order valence-electron chi connectivity index (χ3n) is 3.62. The molecule has 1 aromatic carbocycles. The highest BCUT2D eigenvalue weighted by Gasteiger charge is 2.15. The van der Waals surface area contributed by atoms with Crippen molar-refractivity contribution in [3.05, 3.63) is 34.6 Å². The van der Waals surface area contributed by atoms with Gasteiger partial charge in [-0.05, 0) is 26.0 Å². The summed E-state index contributed by atoms with van der Waals surface area (Å²) in [5.74, 6) is -0.321. The Morgan fingerprint density at radius 3 is 2.87 bits per heavy atom. The van der Waals surface area contributed by atoms with Crippen molar-refractivity contribution in [2.45, 2.75) is 26.8 Å². The van der Waals surface area contributed by atoms with E-state index >= 15 is 0 Å². The Labute approximate surface area is 134 Å². The van der Waals surface area contributed by atoms with E-state index in [1.807, 2.05) is 6.92 Å². The average Bonchev–Trinajstić information content (AvgIpc) is 2.58. The van der Waals surface area contributed by atoms with Gasteiger partial charge in [0.25, 0.3) is 5.56 Å². The monoisotopic (exact) mass is 313 g/mol. The van der Waals surface area contributed by atoms with E-state index in [-0.39, 0.29) is 30.3 Å². The van der Waals surface area contributed by atoms with Gasteiger partial charge in [-0.15, -0.1) is 5.10 Å². The first kappa shape index (κ1) is 16.6. The van der Waals surface area contributed by atoms with E-state index in [1.165, 1.54) is 4.68 Å². The normalized spacial score (nSPS) is 11.9. The third-order valence-corrected chi connectivity index (χ3v) is 3.62. The smallest absolute Gasteiger partial charge is 0.277 e. The summed E-state index contributed by atoms with van der Waals surface area (Å²) in [6, 6.07) is 9.09. The molecule has 23 heavy (non-hydrogen) atoms. The summed E-state index contributed by atoms with van der Waals surface area (Å²) in [5, 5.41) is 17.2. The van der Waals surface area contributed by atoms with Gasteiger partial charge in [-0.2, -0.15) is 5.26 Å². The summed E-state index contributed by atoms with van der Waals surface area (Å²) >= 11 is 0. The van der Waals surface area contributed by atoms with Gasteiger partial charge < -0.3 is 4.90 Å². The lowest BCUT2D eigenvalue weighted by atomic mass is 10.2. The van der Waals surface area contributed by atoms with Crippen molar-refractivity contribution in [3.8, 4) is 6.07 Å². The maximum absolute atomic E-state index is 12.3. The minimum absolute atomic E-state index is 0.101. The lowest BCUT2D eigenvalue weighted by molar-refractivity contribution is -0.131. The molecular formula is C16H19N5O2. The molecule has 0 aliphatic heterocycles. The van der Waals surface area contributed by atoms with Gasteiger partial charge in [0, 0.05) is 19.5 Å². The molecule has 7 nitrogen and oxygen atoms in total. The molecule has 1 unspecified atom stereocenters. The highest BCUT2D eigenvalue weighted by Crippen LogP contribution is 2.05. The summed E-state index contributed by atoms with van der Waals surface area (Å²) in [7, 11) is 0. The van der Waals surface area contributed by atoms with Crippen LogP contribution in [0.5, 0.6) is 0 Å². The van der Waals surface area contributed by atoms with Crippen LogP contribution in [0.1, 0.15) is 20.3 Å². The molecule has 0 aliphatic rings. The fourth-order valence-electron chi connectivity index (χ4n) is 2.31. The zero-order valence-corrected chi connectivity index (χ0v) is 13.3. The molecule has 2 rings (SSSR count). The Morgan fingerprint density at radius 1 is 1.43 bits per heavy atom. The van der Waals surface area contributed by atoms with Gasteiger partial charge in [0.05, 0.1) is 23.9 Å². The summed E-state index contributed by atoms with van der Waals surface area (Å²) < 4.78 is 1.21. The minimum atomic E-state index is -0.253. The third kappa shape index (κ3) is 3.92. The summed E-state index contributed by atoms with van der Waals surface area (Å²) in [4.78, 5) is 26.1. The van der Waals surface area contributed by atoms with E-state index in [9.17, 15) is 9.59 Å². The van der Waals surface area contributed by atoms with Gasteiger partial charge >= 0.3 is 0 Å². The molecule has 0 radical (unpaired) electrons. The van der Waals surface area contributed by atoms with Crippen LogP contribution in [0.15, 0.2) is 29.1 Å². The summed E-state index contributed by atoms with van der Waals surface area (Å²) in [6.07, 6.45) is 0.152. The van der Waals surface area contributed by atoms with Gasteiger partial charge in [0.1, 0.15) is 5.52 Å². The minimum Gasteiger partial charge on any atom is -0.342 e. The summed E-state index contributed by atoms with van der Waals surface area (Å²) in [6.45, 7) is 4.74. The van der Waals surface area contributed by atoms with Crippen LogP contribution in [0, 0.1) is 17.2 Å². The van der Waals surface area contributed by atoms with Crippen molar-refractivity contribution in [2.75, 3.05) is 13.1 Å². The molecule has 0 saturated heterocycles. The molecule has 120 valence electrons. The van der Waals surface area contributed by atoms with Crippen LogP contribution >= 0.6 is 0 Å². The zero-order chi connectivity index (χ0) is 16.8. The molecule has 1 aromatic heterocycles. The molecule has 0 spiro atoms. The largest absolute Gasteiger partial charge is 0.342 e. The van der Waals surface area contributed by atoms with E-state index in [2.05, 4.69) is 16.4 Å². The quantitative estimate of drug-likeness (QED) is 0.798. The Morgan fingerprint density at radius 2 is 2.17 bits per heavy atom. The van der Waals surface area contributed by atoms with Crippen LogP contribution in [0.4, 0.5) is 0 Å². The molecule has 0 N–H and O–H groups in total. The molecule has 1 atom stereocenters. The standard InChI is InChI=1S/C16H19N5O2/c1-3-20(11-12(2)10-17)15(22)8-9-21-16(23)13-6-4-5-7-14(13)18-19-21/h4-7,12H,3,8-9,11H2,1-2H3. The van der Waals surface area contributed by atoms with Crippen molar-refractivity contribution < 1.29 is 4.79 Å². The number of benzene rings is 1. The Hall–Kier alpha value is -2.75. The van der Waals surface area contributed by atoms with Gasteiger partial charge in [-0.25, -0.2) is 4.68 Å². The summed E-state index contributed by atoms with van der Waals surface area (Å²) in [5.41, 5.74) is 0.287. The Balaban J connectivity index is 2.08. The second kappa shape index (κ2) is 7.49. The Bertz CT molecular complexity index is 793. The fourth-order valence-corrected chi connectivity index (χ4v) is 2.31. The number of nitriles is 1. The van der Waals surface area contributed by atoms with Crippen LogP contribution in [-0.2, 0) is 11.3 Å². The van der Waals surface area contributed by atoms with E-state index in [0.29, 0.717) is 24.0 Å². The van der Waals surface area contributed by atoms with E-state index in [4.69, 9.17) is 5.26 Å². The molecule has 0 saturated carbocycles. The number of aryl methyl sites for hydroxylation is 1. The van der Waals surface area contributed by atoms with Gasteiger partial charge in [0.2, 0.25) is 5.91 Å². The van der Waals surface area contributed by atoms with Crippen molar-refractivity contribution in [1.82, 2.24) is 19.9 Å². The van der Waals surface area contributed by atoms with E-state index in [0.717, 1.165) is 0 Å². The lowest BCUT2D eigenvalue weighted by Gasteiger charge is -2.21. The number of fused-ring (bicyclic) bond motifs is 1. The number of hydrogen-bond acceptors (Lipinski definition) is 5. The number of carbonyl (C=O) groups excluding carboxylic acids is 1. The predicted octanol–water partition coefficient (Wildman–Crippen LogP) is 1.19. The SMILES string of the molecule is CCN(CC(C)C#N)C(=O)CCn1nnc2ccccc2c1=O. The molecular weight excluding hydrogens is 294 g/mol. The highest BCUT2D eigenvalue weighted by atomic mass is 16.2. The zero-order valence-electron chi connectivity index (χ0n) is 13.3. The first-order valence-corrected chi connectivity index (χ1v) is 7.56. The molecule has 7 heteroatoms. The number of aromatic nitrogens is 3. The second-order valence-electron chi connectivity index (χ2n) is 5.35. The maximum Gasteiger partial charge on any atom is 0.277 e. The number of amides is 1. The molecule has 0 aliphatic carbocycles. The fraction of sp³-hybridized carbons (Fsp3) is 0.438. The number of carbonyl (C=O) groups is 1. The first-order valence-electron chi connectivity index (χ1n) is 7.56. The van der Waals surface area contributed by atoms with Gasteiger partial charge in [-0.1, -0.05) is 17.3 Å². The highest BCUT2D eigenvalue weighted by molar-refractivity contribution is 5.77. The number of rotatable bonds is 6. The van der Waals surface area contributed by atoms with Crippen molar-refractivity contribution >= 4 is 16.8 Å². The number of hydrogen-bond donors (Lipinski definition) is 0. The van der Waals surface area contributed by atoms with Crippen molar-refractivity contribution in [1.29, 1.82) is 5.26 Å². The van der Waals surface area contributed by atoms with Gasteiger partial charge in [-0.3, -0.25) is 9.59 Å². The maximum atomic E-state index is 12.3. The average molecular weight is 313 g/mol. The van der Waals surface area contributed by atoms with Crippen LogP contribution in [0.3, 0.4) is 0 Å². The first-order chi connectivity index (χ1) is 11.1. The van der Waals surface area contributed by atoms with E-state index in [1.54, 1.807) is 36.1 Å². The van der Waals surface area contributed by atoms with Gasteiger partial charge in [0.15, 0.2) is 0 Å². The van der Waals surface area contributed by atoms with Crippen molar-refractivity contribution in [2.24, 2.45) is 5.92 Å². The molecule has 0 fully saturated rings. The van der Waals surface area contributed by atoms with Crippen molar-refractivity contribution in [3.63, 3.8) is 0 Å². The lowest BCUT2D eigenvalue weighted by Crippen LogP contribution is -2.36. The predicted molar refractivity (Wildman–Crippen MR) is 85.4 cm³/mol. The topological polar surface area (TPSA) is 91.9 Å². The molecule has 2 aromatic rings. The molecule has 1 amide bonds. The Kier molecular flexibility index (Phi) is 5.41. The van der Waals surface area contributed by atoms with Crippen LogP contribution in [-0.4, -0.2) is 38.9 Å². The van der Waals surface area contributed by atoms with E-state index < -0.39 is 0 Å². The van der Waals surface area contributed by atoms with Crippen LogP contribution < -0.4 is 5.56 Å². The molecule has 1 heterocycles. The second-order valence-corrected chi connectivity index (χ2v) is 5.35.